The van der Waals surface area contributed by atoms with Gasteiger partial charge in [0.1, 0.15) is 72.5 Å². The molecule has 59 heteroatoms. The lowest BCUT2D eigenvalue weighted by Gasteiger charge is -2.32. The van der Waals surface area contributed by atoms with Gasteiger partial charge in [0.25, 0.3) is 0 Å². The van der Waals surface area contributed by atoms with Crippen LogP contribution >= 0.6 is 0 Å². The Hall–Kier alpha value is -14.1. The molecule has 14 atom stereocenters. The van der Waals surface area contributed by atoms with E-state index >= 15 is 112 Å². The lowest BCUT2D eigenvalue weighted by Crippen LogP contribution is -2.61. The molecule has 0 aromatic heterocycles. The number of carbonyl (C=O) groups excluding carboxylic acids is 13. The molecule has 3 heterocycles. The summed E-state index contributed by atoms with van der Waals surface area (Å²) in [5.74, 6) is -93.4. The lowest BCUT2D eigenvalue weighted by molar-refractivity contribution is -0.143. The quantitative estimate of drug-likeness (QED) is 0.00633. The summed E-state index contributed by atoms with van der Waals surface area (Å²) in [5, 5.41) is 37.4. The summed E-state index contributed by atoms with van der Waals surface area (Å²) in [7, 11) is 0. The maximum atomic E-state index is 16.1. The first-order chi connectivity index (χ1) is 69.9. The molecule has 3 saturated heterocycles. The van der Waals surface area contributed by atoms with Gasteiger partial charge in [0, 0.05) is 92.6 Å². The Morgan fingerprint density at radius 2 is 0.537 bits per heavy atom. The van der Waals surface area contributed by atoms with Gasteiger partial charge in [-0.15, -0.1) is 0 Å². The van der Waals surface area contributed by atoms with Gasteiger partial charge in [-0.05, 0) is 108 Å². The molecule has 5 aromatic carbocycles. The van der Waals surface area contributed by atoms with E-state index in [9.17, 15) is 60.3 Å². The highest BCUT2D eigenvalue weighted by molar-refractivity contribution is 6.01. The molecule has 8 rings (SSSR count). The minimum absolute atomic E-state index is 0.0461. The second-order valence-corrected chi connectivity index (χ2v) is 35.6. The van der Waals surface area contributed by atoms with Crippen molar-refractivity contribution in [2.75, 3.05) is 39.3 Å². The van der Waals surface area contributed by atoms with Crippen LogP contribution in [0.3, 0.4) is 0 Å². The minimum atomic E-state index is -3.24. The number of likely N-dealkylation sites (tertiary alicyclic amines) is 3. The number of guanidine groups is 2. The smallest absolute Gasteiger partial charge is 0.246 e. The highest BCUT2D eigenvalue weighted by Gasteiger charge is 2.48. The summed E-state index contributed by atoms with van der Waals surface area (Å²) in [4.78, 5) is 192. The standard InChI is InChI=1S/C90H102F25N21O13/c1-5-32(4)75(117)85(146)133-44(25-31(2)3)86(147)134-22-10-16-47(134)82(143)128-41(26-33-50(91)60(101)70(111)61(102)51(33)92)79(140)126-39(13-6-7-19-116)78(139)131-45(29-36-56(97)66(107)73(114)67(108)57(36)98)87(148)135-23-11-18-49(135)84(145)130-43(28-35-54(95)64(105)72(113)65(106)55(35)96)81(142)132-46(30-37-58(99)68(109)74(115)69(110)59(37)100)88(149)136-24-12-17-48(136)83(144)129-42(27-34-52(93)62(103)71(112)63(104)53(34)94)80(141)127-40(15-9-21-124-90(121)122)77(138)125-38(76(118)137)14-8-20-123-89(119)120/h31-32,38-49,75H,5-30,116-117H2,1-4H3,(H2,118,137)(H,125,138)(H,126,140)(H,127,141)(H,128,143)(H,129,144)(H,130,145)(H,131,139)(H,132,142)(H,133,146)(H4,119,120,123)(H4,121,122,124)/t32-,38-,39-,40-,41-,42-,43-,44-,45-,46-,47-,48-,49-,75-/m0/s1. The molecule has 3 aliphatic heterocycles. The fourth-order valence-corrected chi connectivity index (χ4v) is 16.7. The van der Waals surface area contributed by atoms with Crippen molar-refractivity contribution in [2.45, 2.75) is 235 Å². The lowest BCUT2D eigenvalue weighted by atomic mass is 9.97. The van der Waals surface area contributed by atoms with Gasteiger partial charge in [0.15, 0.2) is 128 Å². The van der Waals surface area contributed by atoms with Crippen LogP contribution in [0.1, 0.15) is 152 Å². The predicted molar refractivity (Wildman–Crippen MR) is 469 cm³/mol. The van der Waals surface area contributed by atoms with Gasteiger partial charge in [0.2, 0.25) is 106 Å². The second-order valence-electron chi connectivity index (χ2n) is 35.6. The minimum Gasteiger partial charge on any atom is -0.370 e. The Labute approximate surface area is 829 Å². The average molecular weight is 2160 g/mol. The molecule has 820 valence electrons. The number of nitrogens with one attached hydrogen (secondary N) is 13. The molecule has 3 fully saturated rings. The Kier molecular flexibility index (Phi) is 42.5. The van der Waals surface area contributed by atoms with E-state index in [1.54, 1.807) is 38.3 Å². The molecule has 0 bridgehead atoms. The second kappa shape index (κ2) is 52.7. The van der Waals surface area contributed by atoms with E-state index in [0.717, 1.165) is 4.90 Å². The molecule has 0 saturated carbocycles. The zero-order chi connectivity index (χ0) is 112. The van der Waals surface area contributed by atoms with Crippen LogP contribution in [0.2, 0.25) is 0 Å². The molecule has 149 heavy (non-hydrogen) atoms. The third-order valence-corrected chi connectivity index (χ3v) is 24.9. The number of unbranched alkanes of at least 4 members (excludes halogenated alkanes) is 1. The number of nitrogens with zero attached hydrogens (tertiary/aromatic N) is 3. The van der Waals surface area contributed by atoms with Crippen molar-refractivity contribution < 1.29 is 172 Å². The molecule has 23 N–H and O–H groups in total. The fourth-order valence-electron chi connectivity index (χ4n) is 16.7. The molecular weight excluding hydrogens is 2060 g/mol. The van der Waals surface area contributed by atoms with E-state index < -0.39 is 437 Å². The zero-order valence-electron chi connectivity index (χ0n) is 79.0. The number of benzene rings is 5. The number of amides is 13. The molecule has 3 aliphatic rings. The first kappa shape index (κ1) is 120. The third kappa shape index (κ3) is 28.7. The summed E-state index contributed by atoms with van der Waals surface area (Å²) in [6.45, 7) is 3.54. The topological polar surface area (TPSA) is 542 Å². The van der Waals surface area contributed by atoms with Gasteiger partial charge in [-0.1, -0.05) is 34.1 Å². The average Bonchev–Trinajstić information content (AvgIpc) is 1.76. The number of carbonyl (C=O) groups is 13. The van der Waals surface area contributed by atoms with Crippen LogP contribution in [0.25, 0.3) is 0 Å². The maximum absolute atomic E-state index is 16.1. The SMILES string of the molecule is CC[C@H](C)[C@H](N)C(=O)N[C@@H](CC(C)C)C(=O)N1CCC[C@H]1C(=O)N[C@@H](Cc1c(F)c(F)c(F)c(F)c1F)C(=O)N[C@@H](CCCCN)C(=O)N[C@@H](Cc1c(F)c(F)c(F)c(F)c1F)C(=O)N1CCC[C@H]1C(=O)N[C@@H](Cc1c(F)c(F)c(F)c(F)c1F)C(=O)N[C@@H](Cc1c(F)c(F)c(F)c(F)c1F)C(=O)N1CCC[C@H]1C(=O)N[C@@H](Cc1c(F)c(F)c(F)c(F)c1F)C(=O)N[C@@H](CCCNC(=N)N)C(=O)N[C@@H](CCCNC(=N)N)C(N)=O. The Morgan fingerprint density at radius 1 is 0.309 bits per heavy atom. The van der Waals surface area contributed by atoms with Crippen LogP contribution in [0.5, 0.6) is 0 Å². The number of rotatable bonds is 48. The van der Waals surface area contributed by atoms with Crippen molar-refractivity contribution in [3.05, 3.63) is 173 Å². The summed E-state index contributed by atoms with van der Waals surface area (Å²) in [5.41, 5.74) is 17.9. The van der Waals surface area contributed by atoms with Crippen LogP contribution in [0.4, 0.5) is 110 Å². The molecule has 0 unspecified atom stereocenters. The van der Waals surface area contributed by atoms with Gasteiger partial charge < -0.3 is 102 Å². The van der Waals surface area contributed by atoms with E-state index in [1.165, 1.54) is 0 Å². The van der Waals surface area contributed by atoms with Crippen molar-refractivity contribution in [1.82, 2.24) is 73.2 Å². The zero-order valence-corrected chi connectivity index (χ0v) is 79.0. The van der Waals surface area contributed by atoms with E-state index in [1.807, 2.05) is 26.6 Å². The van der Waals surface area contributed by atoms with E-state index in [-0.39, 0.29) is 86.8 Å². The van der Waals surface area contributed by atoms with E-state index in [0.29, 0.717) is 6.42 Å². The van der Waals surface area contributed by atoms with Crippen LogP contribution in [-0.4, -0.2) is 221 Å². The van der Waals surface area contributed by atoms with Gasteiger partial charge in [0.05, 0.1) is 6.04 Å². The molecule has 13 amide bonds. The molecule has 0 spiro atoms. The van der Waals surface area contributed by atoms with Crippen molar-refractivity contribution in [3.8, 4) is 0 Å². The molecule has 5 aromatic rings. The first-order valence-corrected chi connectivity index (χ1v) is 45.9. The Bertz CT molecular complexity index is 5820. The monoisotopic (exact) mass is 2160 g/mol. The molecule has 0 aliphatic carbocycles. The summed E-state index contributed by atoms with van der Waals surface area (Å²) in [6.07, 6.45) is -16.0. The fraction of sp³-hybridized carbons (Fsp3) is 0.500. The number of hydrogen-bond acceptors (Lipinski definition) is 17. The number of hydrogen-bond donors (Lipinski definition) is 18. The van der Waals surface area contributed by atoms with Crippen molar-refractivity contribution in [3.63, 3.8) is 0 Å². The van der Waals surface area contributed by atoms with Gasteiger partial charge >= 0.3 is 0 Å². The summed E-state index contributed by atoms with van der Waals surface area (Å²) < 4.78 is 386. The number of nitrogens with two attached hydrogens (primary N) is 5. The van der Waals surface area contributed by atoms with Crippen LogP contribution < -0.4 is 87.2 Å². The van der Waals surface area contributed by atoms with Crippen molar-refractivity contribution in [2.24, 2.45) is 40.5 Å². The highest BCUT2D eigenvalue weighted by atomic mass is 19.2. The van der Waals surface area contributed by atoms with E-state index in [4.69, 9.17) is 39.5 Å². The maximum Gasteiger partial charge on any atom is 0.246 e. The van der Waals surface area contributed by atoms with Crippen molar-refractivity contribution in [1.29, 1.82) is 10.8 Å². The van der Waals surface area contributed by atoms with Crippen LogP contribution in [0, 0.1) is 168 Å². The number of primary amides is 1. The Morgan fingerprint density at radius 3 is 0.792 bits per heavy atom. The Balaban J connectivity index is 1.19. The van der Waals surface area contributed by atoms with Crippen LogP contribution in [0.15, 0.2) is 0 Å². The predicted octanol–water partition coefficient (Wildman–Crippen LogP) is 4.57. The van der Waals surface area contributed by atoms with Gasteiger partial charge in [-0.25, -0.2) is 110 Å². The molecular formula is C90H102F25N21O13. The normalized spacial score (nSPS) is 16.8. The van der Waals surface area contributed by atoms with Crippen LogP contribution in [-0.2, 0) is 94.4 Å². The van der Waals surface area contributed by atoms with E-state index in [2.05, 4.69) is 21.3 Å². The summed E-state index contributed by atoms with van der Waals surface area (Å²) in [6, 6.07) is -30.3. The number of halogens is 25. The largest absolute Gasteiger partial charge is 0.370 e. The molecule has 34 nitrogen and oxygen atoms in total. The summed E-state index contributed by atoms with van der Waals surface area (Å²) >= 11 is 0. The molecule has 0 radical (unpaired) electrons. The van der Waals surface area contributed by atoms with Crippen molar-refractivity contribution >= 4 is 88.7 Å². The highest BCUT2D eigenvalue weighted by Crippen LogP contribution is 2.35. The van der Waals surface area contributed by atoms with Gasteiger partial charge in [-0.2, -0.15) is 0 Å². The first-order valence-electron chi connectivity index (χ1n) is 45.9. The third-order valence-electron chi connectivity index (χ3n) is 24.9. The van der Waals surface area contributed by atoms with Gasteiger partial charge in [-0.3, -0.25) is 73.1 Å².